The van der Waals surface area contributed by atoms with Crippen LogP contribution in [0.2, 0.25) is 0 Å². The maximum Gasteiger partial charge on any atom is 0.268 e. The van der Waals surface area contributed by atoms with Crippen molar-refractivity contribution >= 4 is 37.8 Å². The van der Waals surface area contributed by atoms with Crippen LogP contribution in [0.3, 0.4) is 0 Å². The minimum absolute atomic E-state index is 0.152. The maximum absolute atomic E-state index is 13.6. The number of rotatable bonds is 5. The average Bonchev–Trinajstić information content (AvgIpc) is 2.81. The number of halogens is 3. The Hall–Kier alpha value is -1.14. The molecule has 0 bridgehead atoms. The van der Waals surface area contributed by atoms with E-state index in [0.717, 1.165) is 21.9 Å². The predicted octanol–water partition coefficient (Wildman–Crippen LogP) is 4.49. The summed E-state index contributed by atoms with van der Waals surface area (Å²) in [7, 11) is 0. The molecule has 2 rings (SSSR count). The topological polar surface area (TPSA) is 34.0 Å². The van der Waals surface area contributed by atoms with Gasteiger partial charge in [0.1, 0.15) is 11.5 Å². The highest BCUT2D eigenvalue weighted by Crippen LogP contribution is 2.17. The van der Waals surface area contributed by atoms with Crippen LogP contribution >= 0.6 is 31.9 Å². The molecule has 2 aromatic rings. The van der Waals surface area contributed by atoms with Crippen LogP contribution in [0.4, 0.5) is 4.39 Å². The second-order valence-corrected chi connectivity index (χ2v) is 6.49. The number of aromatic nitrogens is 1. The molecule has 1 N–H and O–H groups in total. The number of hydrogen-bond acceptors (Lipinski definition) is 1. The third-order valence-corrected chi connectivity index (χ3v) is 3.93. The summed E-state index contributed by atoms with van der Waals surface area (Å²) in [5, 5.41) is 2.75. The zero-order chi connectivity index (χ0) is 15.4. The van der Waals surface area contributed by atoms with Crippen LogP contribution in [0, 0.1) is 5.82 Å². The average molecular weight is 418 g/mol. The molecule has 21 heavy (non-hydrogen) atoms. The van der Waals surface area contributed by atoms with E-state index < -0.39 is 0 Å². The zero-order valence-electron chi connectivity index (χ0n) is 11.5. The van der Waals surface area contributed by atoms with Gasteiger partial charge in [-0.2, -0.15) is 0 Å². The van der Waals surface area contributed by atoms with E-state index in [0.29, 0.717) is 11.3 Å². The third-order valence-electron chi connectivity index (χ3n) is 3.01. The molecule has 1 aromatic carbocycles. The first-order chi connectivity index (χ1) is 10.0. The minimum atomic E-state index is -0.330. The Labute approximate surface area is 139 Å². The molecule has 0 saturated heterocycles. The smallest absolute Gasteiger partial charge is 0.268 e. The fraction of sp³-hybridized carbons (Fsp3) is 0.267. The Morgan fingerprint density at radius 1 is 1.29 bits per heavy atom. The minimum Gasteiger partial charge on any atom is -0.347 e. The SMILES string of the molecule is CCCn1cc(Br)cc1C(=O)NCc1cc(Br)ccc1F. The van der Waals surface area contributed by atoms with Gasteiger partial charge >= 0.3 is 0 Å². The molecule has 0 saturated carbocycles. The normalized spacial score (nSPS) is 10.7. The fourth-order valence-corrected chi connectivity index (χ4v) is 2.91. The van der Waals surface area contributed by atoms with Crippen molar-refractivity contribution in [2.24, 2.45) is 0 Å². The third kappa shape index (κ3) is 4.17. The monoisotopic (exact) mass is 416 g/mol. The summed E-state index contributed by atoms with van der Waals surface area (Å²) >= 11 is 6.67. The van der Waals surface area contributed by atoms with Gasteiger partial charge in [0.2, 0.25) is 0 Å². The number of benzene rings is 1. The predicted molar refractivity (Wildman–Crippen MR) is 87.7 cm³/mol. The molecule has 0 aliphatic carbocycles. The summed E-state index contributed by atoms with van der Waals surface area (Å²) < 4.78 is 17.2. The molecule has 0 unspecified atom stereocenters. The standard InChI is InChI=1S/C15H15Br2FN2O/c1-2-5-20-9-12(17)7-14(20)15(21)19-8-10-6-11(16)3-4-13(10)18/h3-4,6-7,9H,2,5,8H2,1H3,(H,19,21). The van der Waals surface area contributed by atoms with E-state index in [4.69, 9.17) is 0 Å². The van der Waals surface area contributed by atoms with Crippen molar-refractivity contribution in [3.05, 3.63) is 56.5 Å². The van der Waals surface area contributed by atoms with Gasteiger partial charge in [0, 0.05) is 33.8 Å². The molecular weight excluding hydrogens is 403 g/mol. The number of nitrogens with one attached hydrogen (secondary N) is 1. The second kappa shape index (κ2) is 7.22. The highest BCUT2D eigenvalue weighted by Gasteiger charge is 2.13. The Bertz CT molecular complexity index is 655. The lowest BCUT2D eigenvalue weighted by molar-refractivity contribution is 0.0941. The largest absolute Gasteiger partial charge is 0.347 e. The van der Waals surface area contributed by atoms with Crippen LogP contribution in [0.5, 0.6) is 0 Å². The maximum atomic E-state index is 13.6. The van der Waals surface area contributed by atoms with E-state index in [1.54, 1.807) is 18.2 Å². The molecule has 0 aliphatic heterocycles. The Morgan fingerprint density at radius 2 is 2.05 bits per heavy atom. The van der Waals surface area contributed by atoms with Crippen molar-refractivity contribution < 1.29 is 9.18 Å². The zero-order valence-corrected chi connectivity index (χ0v) is 14.7. The van der Waals surface area contributed by atoms with E-state index in [9.17, 15) is 9.18 Å². The van der Waals surface area contributed by atoms with E-state index in [-0.39, 0.29) is 18.3 Å². The molecule has 0 radical (unpaired) electrons. The van der Waals surface area contributed by atoms with Gasteiger partial charge in [-0.05, 0) is 46.6 Å². The lowest BCUT2D eigenvalue weighted by atomic mass is 10.2. The Kier molecular flexibility index (Phi) is 5.58. The molecule has 1 heterocycles. The molecule has 112 valence electrons. The van der Waals surface area contributed by atoms with Crippen molar-refractivity contribution in [3.8, 4) is 0 Å². The first-order valence-electron chi connectivity index (χ1n) is 6.59. The van der Waals surface area contributed by atoms with Gasteiger partial charge in [-0.15, -0.1) is 0 Å². The molecule has 0 aliphatic rings. The number of aryl methyl sites for hydroxylation is 1. The fourth-order valence-electron chi connectivity index (χ4n) is 2.04. The Morgan fingerprint density at radius 3 is 2.76 bits per heavy atom. The van der Waals surface area contributed by atoms with Crippen molar-refractivity contribution in [1.82, 2.24) is 9.88 Å². The first kappa shape index (κ1) is 16.2. The summed E-state index contributed by atoms with van der Waals surface area (Å²) in [5.74, 6) is -0.544. The molecule has 6 heteroatoms. The van der Waals surface area contributed by atoms with Crippen LogP contribution in [-0.2, 0) is 13.1 Å². The van der Waals surface area contributed by atoms with E-state index in [2.05, 4.69) is 37.2 Å². The van der Waals surface area contributed by atoms with Crippen molar-refractivity contribution in [1.29, 1.82) is 0 Å². The lowest BCUT2D eigenvalue weighted by Crippen LogP contribution is -2.25. The summed E-state index contributed by atoms with van der Waals surface area (Å²) in [4.78, 5) is 12.2. The molecule has 0 fully saturated rings. The highest BCUT2D eigenvalue weighted by atomic mass is 79.9. The van der Waals surface area contributed by atoms with Gasteiger partial charge in [-0.25, -0.2) is 4.39 Å². The Balaban J connectivity index is 2.10. The van der Waals surface area contributed by atoms with Crippen molar-refractivity contribution in [2.45, 2.75) is 26.4 Å². The molecule has 3 nitrogen and oxygen atoms in total. The second-order valence-electron chi connectivity index (χ2n) is 4.66. The molecule has 1 aromatic heterocycles. The number of nitrogens with zero attached hydrogens (tertiary/aromatic N) is 1. The summed E-state index contributed by atoms with van der Waals surface area (Å²) in [6.45, 7) is 2.96. The molecular formula is C15H15Br2FN2O. The number of carbonyl (C=O) groups excluding carboxylic acids is 1. The number of hydrogen-bond donors (Lipinski definition) is 1. The van der Waals surface area contributed by atoms with Gasteiger partial charge in [0.05, 0.1) is 0 Å². The van der Waals surface area contributed by atoms with Crippen LogP contribution in [0.15, 0.2) is 39.4 Å². The van der Waals surface area contributed by atoms with Gasteiger partial charge in [-0.3, -0.25) is 4.79 Å². The first-order valence-corrected chi connectivity index (χ1v) is 8.17. The summed E-state index contributed by atoms with van der Waals surface area (Å²) in [5.41, 5.74) is 1.02. The van der Waals surface area contributed by atoms with Gasteiger partial charge in [-0.1, -0.05) is 22.9 Å². The lowest BCUT2D eigenvalue weighted by Gasteiger charge is -2.09. The molecule has 0 spiro atoms. The molecule has 1 amide bonds. The summed E-state index contributed by atoms with van der Waals surface area (Å²) in [6.07, 6.45) is 2.81. The van der Waals surface area contributed by atoms with Crippen LogP contribution < -0.4 is 5.32 Å². The van der Waals surface area contributed by atoms with Crippen LogP contribution in [0.1, 0.15) is 29.4 Å². The van der Waals surface area contributed by atoms with Crippen LogP contribution in [0.25, 0.3) is 0 Å². The highest BCUT2D eigenvalue weighted by molar-refractivity contribution is 9.10. The van der Waals surface area contributed by atoms with E-state index in [1.165, 1.54) is 6.07 Å². The van der Waals surface area contributed by atoms with E-state index in [1.807, 2.05) is 17.7 Å². The number of amides is 1. The summed E-state index contributed by atoms with van der Waals surface area (Å²) in [6, 6.07) is 6.44. The van der Waals surface area contributed by atoms with Gasteiger partial charge in [0.15, 0.2) is 0 Å². The van der Waals surface area contributed by atoms with Gasteiger partial charge in [0.25, 0.3) is 5.91 Å². The quantitative estimate of drug-likeness (QED) is 0.763. The van der Waals surface area contributed by atoms with Crippen molar-refractivity contribution in [3.63, 3.8) is 0 Å². The van der Waals surface area contributed by atoms with E-state index >= 15 is 0 Å². The van der Waals surface area contributed by atoms with Crippen molar-refractivity contribution in [2.75, 3.05) is 0 Å². The van der Waals surface area contributed by atoms with Crippen LogP contribution in [-0.4, -0.2) is 10.5 Å². The number of carbonyl (C=O) groups is 1. The molecule has 0 atom stereocenters. The van der Waals surface area contributed by atoms with Gasteiger partial charge < -0.3 is 9.88 Å².